The number of rotatable bonds is 7. The maximum Gasteiger partial charge on any atom is 0.341 e. The third-order valence-corrected chi connectivity index (χ3v) is 3.38. The number of benzene rings is 2. The van der Waals surface area contributed by atoms with Crippen molar-refractivity contribution >= 4 is 5.97 Å². The Labute approximate surface area is 133 Å². The lowest BCUT2D eigenvalue weighted by atomic mass is 10.2. The minimum Gasteiger partial charge on any atom is -0.482 e. The van der Waals surface area contributed by atoms with Crippen LogP contribution in [0, 0.1) is 0 Å². The summed E-state index contributed by atoms with van der Waals surface area (Å²) >= 11 is 0. The van der Waals surface area contributed by atoms with Gasteiger partial charge in [-0.3, -0.25) is 0 Å². The summed E-state index contributed by atoms with van der Waals surface area (Å²) in [5.74, 6) is 1.13. The van der Waals surface area contributed by atoms with Gasteiger partial charge in [-0.15, -0.1) is 0 Å². The van der Waals surface area contributed by atoms with Crippen LogP contribution in [0.25, 0.3) is 0 Å². The predicted octanol–water partition coefficient (Wildman–Crippen LogP) is 2.17. The zero-order valence-electron chi connectivity index (χ0n) is 12.5. The van der Waals surface area contributed by atoms with Crippen molar-refractivity contribution in [1.29, 1.82) is 0 Å². The van der Waals surface area contributed by atoms with Crippen molar-refractivity contribution in [3.8, 4) is 17.2 Å². The van der Waals surface area contributed by atoms with Crippen LogP contribution in [0.1, 0.15) is 11.1 Å². The Hall–Kier alpha value is -2.73. The summed E-state index contributed by atoms with van der Waals surface area (Å²) < 4.78 is 15.7. The van der Waals surface area contributed by atoms with Gasteiger partial charge < -0.3 is 24.6 Å². The zero-order chi connectivity index (χ0) is 16.1. The van der Waals surface area contributed by atoms with E-state index in [0.29, 0.717) is 18.8 Å². The minimum absolute atomic E-state index is 0.280. The smallest absolute Gasteiger partial charge is 0.341 e. The second kappa shape index (κ2) is 7.02. The number of ether oxygens (including phenoxy) is 3. The van der Waals surface area contributed by atoms with E-state index in [9.17, 15) is 4.79 Å². The van der Waals surface area contributed by atoms with Crippen molar-refractivity contribution in [2.24, 2.45) is 0 Å². The van der Waals surface area contributed by atoms with E-state index < -0.39 is 5.97 Å². The van der Waals surface area contributed by atoms with Crippen molar-refractivity contribution in [3.63, 3.8) is 0 Å². The summed E-state index contributed by atoms with van der Waals surface area (Å²) in [6.45, 7) is 1.37. The highest BCUT2D eigenvalue weighted by Gasteiger charge is 2.12. The van der Waals surface area contributed by atoms with E-state index >= 15 is 0 Å². The molecule has 2 aromatic carbocycles. The van der Waals surface area contributed by atoms with Crippen molar-refractivity contribution in [2.75, 3.05) is 13.4 Å². The highest BCUT2D eigenvalue weighted by Crippen LogP contribution is 2.32. The first-order chi connectivity index (χ1) is 11.2. The summed E-state index contributed by atoms with van der Waals surface area (Å²) in [6.07, 6.45) is 0. The van der Waals surface area contributed by atoms with Crippen LogP contribution in [0.3, 0.4) is 0 Å². The molecule has 0 fully saturated rings. The Balaban J connectivity index is 1.47. The lowest BCUT2D eigenvalue weighted by Gasteiger charge is -2.07. The number of aliphatic carboxylic acids is 1. The van der Waals surface area contributed by atoms with Gasteiger partial charge in [-0.1, -0.05) is 18.2 Å². The van der Waals surface area contributed by atoms with E-state index in [0.717, 1.165) is 22.6 Å². The molecule has 0 saturated heterocycles. The summed E-state index contributed by atoms with van der Waals surface area (Å²) in [6, 6.07) is 13.2. The third kappa shape index (κ3) is 4.14. The van der Waals surface area contributed by atoms with Crippen LogP contribution in [0.2, 0.25) is 0 Å². The standard InChI is InChI=1S/C17H17NO5/c19-17(20)10-21-14-4-1-12(2-5-14)8-18-9-13-3-6-15-16(7-13)23-11-22-15/h1-7,18H,8-11H2,(H,19,20). The van der Waals surface area contributed by atoms with Crippen LogP contribution in [-0.4, -0.2) is 24.5 Å². The van der Waals surface area contributed by atoms with E-state index in [1.54, 1.807) is 12.1 Å². The number of nitrogens with one attached hydrogen (secondary N) is 1. The molecule has 1 aliphatic rings. The molecule has 0 unspecified atom stereocenters. The Morgan fingerprint density at radius 1 is 1.04 bits per heavy atom. The topological polar surface area (TPSA) is 77.0 Å². The van der Waals surface area contributed by atoms with Gasteiger partial charge in [0.1, 0.15) is 5.75 Å². The van der Waals surface area contributed by atoms with Crippen molar-refractivity contribution in [1.82, 2.24) is 5.32 Å². The van der Waals surface area contributed by atoms with Gasteiger partial charge in [0.25, 0.3) is 0 Å². The fourth-order valence-electron chi connectivity index (χ4n) is 2.25. The third-order valence-electron chi connectivity index (χ3n) is 3.38. The molecule has 1 aliphatic heterocycles. The first kappa shape index (κ1) is 15.2. The molecule has 1 heterocycles. The van der Waals surface area contributed by atoms with Crippen molar-refractivity contribution in [2.45, 2.75) is 13.1 Å². The molecule has 120 valence electrons. The minimum atomic E-state index is -0.987. The van der Waals surface area contributed by atoms with Crippen LogP contribution in [0.5, 0.6) is 17.2 Å². The molecule has 3 rings (SSSR count). The van der Waals surface area contributed by atoms with Gasteiger partial charge in [0.15, 0.2) is 18.1 Å². The van der Waals surface area contributed by atoms with Gasteiger partial charge in [-0.25, -0.2) is 4.79 Å². The zero-order valence-corrected chi connectivity index (χ0v) is 12.5. The van der Waals surface area contributed by atoms with Crippen LogP contribution >= 0.6 is 0 Å². The molecule has 0 amide bonds. The number of carbonyl (C=O) groups is 1. The molecule has 6 heteroatoms. The van der Waals surface area contributed by atoms with Gasteiger partial charge in [-0.05, 0) is 35.4 Å². The molecule has 23 heavy (non-hydrogen) atoms. The predicted molar refractivity (Wildman–Crippen MR) is 82.7 cm³/mol. The quantitative estimate of drug-likeness (QED) is 0.815. The van der Waals surface area contributed by atoms with Crippen molar-refractivity contribution < 1.29 is 24.1 Å². The summed E-state index contributed by atoms with van der Waals surface area (Å²) in [5.41, 5.74) is 2.21. The monoisotopic (exact) mass is 315 g/mol. The summed E-state index contributed by atoms with van der Waals surface area (Å²) in [7, 11) is 0. The van der Waals surface area contributed by atoms with E-state index in [2.05, 4.69) is 5.32 Å². The molecule has 0 aromatic heterocycles. The maximum absolute atomic E-state index is 10.4. The van der Waals surface area contributed by atoms with Gasteiger partial charge in [-0.2, -0.15) is 0 Å². The molecule has 0 atom stereocenters. The second-order valence-corrected chi connectivity index (χ2v) is 5.12. The van der Waals surface area contributed by atoms with E-state index in [-0.39, 0.29) is 13.4 Å². The highest BCUT2D eigenvalue weighted by atomic mass is 16.7. The molecule has 6 nitrogen and oxygen atoms in total. The molecule has 2 aromatic rings. The Morgan fingerprint density at radius 2 is 1.74 bits per heavy atom. The molecule has 0 spiro atoms. The molecule has 0 bridgehead atoms. The first-order valence-electron chi connectivity index (χ1n) is 7.23. The average molecular weight is 315 g/mol. The SMILES string of the molecule is O=C(O)COc1ccc(CNCc2ccc3c(c2)OCO3)cc1. The fraction of sp³-hybridized carbons (Fsp3) is 0.235. The van der Waals surface area contributed by atoms with Crippen LogP contribution < -0.4 is 19.5 Å². The molecule has 0 radical (unpaired) electrons. The summed E-state index contributed by atoms with van der Waals surface area (Å²) in [4.78, 5) is 10.4. The Morgan fingerprint density at radius 3 is 2.52 bits per heavy atom. The molecule has 2 N–H and O–H groups in total. The normalized spacial score (nSPS) is 12.2. The lowest BCUT2D eigenvalue weighted by molar-refractivity contribution is -0.139. The van der Waals surface area contributed by atoms with E-state index in [4.69, 9.17) is 19.3 Å². The number of carboxylic acid groups (broad SMARTS) is 1. The van der Waals surface area contributed by atoms with Gasteiger partial charge in [0, 0.05) is 13.1 Å². The number of carboxylic acids is 1. The number of hydrogen-bond acceptors (Lipinski definition) is 5. The summed E-state index contributed by atoms with van der Waals surface area (Å²) in [5, 5.41) is 11.9. The lowest BCUT2D eigenvalue weighted by Crippen LogP contribution is -2.12. The highest BCUT2D eigenvalue weighted by molar-refractivity contribution is 5.68. The van der Waals surface area contributed by atoms with Crippen LogP contribution in [0.15, 0.2) is 42.5 Å². The molecule has 0 saturated carbocycles. The van der Waals surface area contributed by atoms with E-state index in [1.807, 2.05) is 30.3 Å². The average Bonchev–Trinajstić information content (AvgIpc) is 3.02. The largest absolute Gasteiger partial charge is 0.482 e. The molecular weight excluding hydrogens is 298 g/mol. The molecular formula is C17H17NO5. The maximum atomic E-state index is 10.4. The second-order valence-electron chi connectivity index (χ2n) is 5.12. The Bertz CT molecular complexity index is 684. The number of fused-ring (bicyclic) bond motifs is 1. The van der Waals surface area contributed by atoms with Crippen LogP contribution in [0.4, 0.5) is 0 Å². The fourth-order valence-corrected chi connectivity index (χ4v) is 2.25. The van der Waals surface area contributed by atoms with Gasteiger partial charge >= 0.3 is 5.97 Å². The van der Waals surface area contributed by atoms with Gasteiger partial charge in [0.05, 0.1) is 0 Å². The van der Waals surface area contributed by atoms with Crippen molar-refractivity contribution in [3.05, 3.63) is 53.6 Å². The molecule has 0 aliphatic carbocycles. The van der Waals surface area contributed by atoms with Gasteiger partial charge in [0.2, 0.25) is 6.79 Å². The van der Waals surface area contributed by atoms with E-state index in [1.165, 1.54) is 0 Å². The van der Waals surface area contributed by atoms with Crippen LogP contribution in [-0.2, 0) is 17.9 Å². The first-order valence-corrected chi connectivity index (χ1v) is 7.23. The number of hydrogen-bond donors (Lipinski definition) is 2. The Kier molecular flexibility index (Phi) is 4.63.